The molecule has 0 saturated heterocycles. The van der Waals surface area contributed by atoms with Gasteiger partial charge < -0.3 is 15.7 Å². The van der Waals surface area contributed by atoms with E-state index >= 15 is 0 Å². The number of carbonyl (C=O) groups is 1. The quantitative estimate of drug-likeness (QED) is 0.579. The van der Waals surface area contributed by atoms with E-state index in [2.05, 4.69) is 10.6 Å². The van der Waals surface area contributed by atoms with Gasteiger partial charge in [0, 0.05) is 6.54 Å². The van der Waals surface area contributed by atoms with Gasteiger partial charge >= 0.3 is 0 Å². The van der Waals surface area contributed by atoms with Gasteiger partial charge in [0.25, 0.3) is 0 Å². The van der Waals surface area contributed by atoms with Gasteiger partial charge in [-0.05, 0) is 39.2 Å². The zero-order valence-corrected chi connectivity index (χ0v) is 8.92. The maximum Gasteiger partial charge on any atom is 0.236 e. The molecule has 0 spiro atoms. The lowest BCUT2D eigenvalue weighted by Crippen LogP contribution is -2.46. The largest absolute Gasteiger partial charge is 0.393 e. The first kappa shape index (κ1) is 11.5. The lowest BCUT2D eigenvalue weighted by atomic mass is 9.82. The Hall–Kier alpha value is -0.610. The minimum Gasteiger partial charge on any atom is -0.393 e. The molecule has 1 unspecified atom stereocenters. The van der Waals surface area contributed by atoms with Gasteiger partial charge in [0.15, 0.2) is 0 Å². The number of likely N-dealkylation sites (N-methyl/N-ethyl adjacent to an activating group) is 1. The molecule has 0 heterocycles. The van der Waals surface area contributed by atoms with E-state index in [-0.39, 0.29) is 18.1 Å². The second-order valence-electron chi connectivity index (χ2n) is 4.02. The third-order valence-corrected chi connectivity index (χ3v) is 2.67. The van der Waals surface area contributed by atoms with Crippen molar-refractivity contribution in [2.75, 3.05) is 13.1 Å². The number of hydrogen-bond acceptors (Lipinski definition) is 3. The molecule has 4 nitrogen and oxygen atoms in total. The zero-order valence-electron chi connectivity index (χ0n) is 8.92. The fourth-order valence-corrected chi connectivity index (χ4v) is 1.63. The Labute approximate surface area is 85.1 Å². The molecule has 1 fully saturated rings. The fourth-order valence-electron chi connectivity index (χ4n) is 1.63. The van der Waals surface area contributed by atoms with Crippen LogP contribution in [0.3, 0.4) is 0 Å². The normalized spacial score (nSPS) is 27.9. The van der Waals surface area contributed by atoms with E-state index < -0.39 is 0 Å². The topological polar surface area (TPSA) is 61.4 Å². The van der Waals surface area contributed by atoms with Gasteiger partial charge in [-0.3, -0.25) is 4.79 Å². The molecule has 1 aliphatic carbocycles. The highest BCUT2D eigenvalue weighted by atomic mass is 16.3. The molecule has 0 aromatic heterocycles. The lowest BCUT2D eigenvalue weighted by Gasteiger charge is -2.32. The summed E-state index contributed by atoms with van der Waals surface area (Å²) >= 11 is 0. The van der Waals surface area contributed by atoms with Crippen molar-refractivity contribution < 1.29 is 9.90 Å². The highest BCUT2D eigenvalue weighted by molar-refractivity contribution is 5.81. The Morgan fingerprint density at radius 3 is 2.71 bits per heavy atom. The Morgan fingerprint density at radius 1 is 1.57 bits per heavy atom. The molecule has 0 aliphatic heterocycles. The molecule has 0 aromatic carbocycles. The van der Waals surface area contributed by atoms with Gasteiger partial charge in [-0.15, -0.1) is 0 Å². The average molecular weight is 200 g/mol. The second kappa shape index (κ2) is 5.32. The number of hydrogen-bond donors (Lipinski definition) is 3. The van der Waals surface area contributed by atoms with E-state index in [0.29, 0.717) is 12.5 Å². The molecule has 3 N–H and O–H groups in total. The third kappa shape index (κ3) is 3.27. The van der Waals surface area contributed by atoms with Gasteiger partial charge in [0.1, 0.15) is 0 Å². The number of nitrogens with one attached hydrogen (secondary N) is 2. The van der Waals surface area contributed by atoms with Gasteiger partial charge in [-0.2, -0.15) is 0 Å². The summed E-state index contributed by atoms with van der Waals surface area (Å²) < 4.78 is 0. The molecule has 0 radical (unpaired) electrons. The molecule has 1 amide bonds. The summed E-state index contributed by atoms with van der Waals surface area (Å²) in [7, 11) is 0. The van der Waals surface area contributed by atoms with Crippen LogP contribution in [0.4, 0.5) is 0 Å². The molecule has 1 aliphatic rings. The number of aliphatic hydroxyl groups excluding tert-OH is 1. The number of carbonyl (C=O) groups excluding carboxylic acids is 1. The van der Waals surface area contributed by atoms with E-state index in [4.69, 9.17) is 5.11 Å². The van der Waals surface area contributed by atoms with Crippen molar-refractivity contribution in [2.45, 2.75) is 38.8 Å². The SMILES string of the molecule is CCNC(=O)C(C)NCC1CC(O)C1. The van der Waals surface area contributed by atoms with Crippen LogP contribution in [0.15, 0.2) is 0 Å². The van der Waals surface area contributed by atoms with Crippen molar-refractivity contribution in [3.63, 3.8) is 0 Å². The minimum atomic E-state index is -0.132. The fraction of sp³-hybridized carbons (Fsp3) is 0.900. The van der Waals surface area contributed by atoms with E-state index in [0.717, 1.165) is 19.4 Å². The van der Waals surface area contributed by atoms with Crippen LogP contribution in [0.2, 0.25) is 0 Å². The summed E-state index contributed by atoms with van der Waals surface area (Å²) in [6.07, 6.45) is 1.63. The molecule has 14 heavy (non-hydrogen) atoms. The van der Waals surface area contributed by atoms with Crippen molar-refractivity contribution in [3.05, 3.63) is 0 Å². The van der Waals surface area contributed by atoms with E-state index in [1.807, 2.05) is 13.8 Å². The molecule has 4 heteroatoms. The van der Waals surface area contributed by atoms with Crippen molar-refractivity contribution in [2.24, 2.45) is 5.92 Å². The predicted molar refractivity (Wildman–Crippen MR) is 54.9 cm³/mol. The van der Waals surface area contributed by atoms with Crippen LogP contribution in [0, 0.1) is 5.92 Å². The summed E-state index contributed by atoms with van der Waals surface area (Å²) in [4.78, 5) is 11.3. The van der Waals surface area contributed by atoms with E-state index in [1.165, 1.54) is 0 Å². The smallest absolute Gasteiger partial charge is 0.236 e. The van der Waals surface area contributed by atoms with Crippen LogP contribution in [0.25, 0.3) is 0 Å². The van der Waals surface area contributed by atoms with Crippen molar-refractivity contribution >= 4 is 5.91 Å². The first-order valence-corrected chi connectivity index (χ1v) is 5.32. The van der Waals surface area contributed by atoms with Gasteiger partial charge in [0.05, 0.1) is 12.1 Å². The van der Waals surface area contributed by atoms with Crippen LogP contribution in [0.1, 0.15) is 26.7 Å². The number of amides is 1. The highest BCUT2D eigenvalue weighted by Gasteiger charge is 2.27. The highest BCUT2D eigenvalue weighted by Crippen LogP contribution is 2.26. The molecule has 0 aromatic rings. The van der Waals surface area contributed by atoms with Crippen LogP contribution in [-0.2, 0) is 4.79 Å². The molecule has 0 bridgehead atoms. The summed E-state index contributed by atoms with van der Waals surface area (Å²) in [5.74, 6) is 0.592. The first-order chi connectivity index (χ1) is 6.63. The second-order valence-corrected chi connectivity index (χ2v) is 4.02. The number of rotatable bonds is 5. The molecular formula is C10H20N2O2. The van der Waals surface area contributed by atoms with E-state index in [1.54, 1.807) is 0 Å². The molecule has 1 rings (SSSR count). The van der Waals surface area contributed by atoms with Gasteiger partial charge in [-0.25, -0.2) is 0 Å². The summed E-state index contributed by atoms with van der Waals surface area (Å²) in [6.45, 7) is 5.27. The maximum atomic E-state index is 11.3. The molecular weight excluding hydrogens is 180 g/mol. The summed E-state index contributed by atoms with van der Waals surface area (Å²) in [5, 5.41) is 15.0. The first-order valence-electron chi connectivity index (χ1n) is 5.32. The van der Waals surface area contributed by atoms with Crippen molar-refractivity contribution in [1.82, 2.24) is 10.6 Å². The van der Waals surface area contributed by atoms with Crippen molar-refractivity contribution in [3.8, 4) is 0 Å². The Balaban J connectivity index is 2.08. The summed E-state index contributed by atoms with van der Waals surface area (Å²) in [6, 6.07) is -0.132. The zero-order chi connectivity index (χ0) is 10.6. The Bertz CT molecular complexity index is 191. The molecule has 1 atom stereocenters. The minimum absolute atomic E-state index is 0.0485. The molecule has 82 valence electrons. The van der Waals surface area contributed by atoms with Crippen LogP contribution in [-0.4, -0.2) is 36.2 Å². The van der Waals surface area contributed by atoms with Crippen LogP contribution >= 0.6 is 0 Å². The average Bonchev–Trinajstić information content (AvgIpc) is 2.10. The van der Waals surface area contributed by atoms with Crippen molar-refractivity contribution in [1.29, 1.82) is 0 Å². The van der Waals surface area contributed by atoms with E-state index in [9.17, 15) is 4.79 Å². The Morgan fingerprint density at radius 2 is 2.21 bits per heavy atom. The standard InChI is InChI=1S/C10H20N2O2/c1-3-11-10(14)7(2)12-6-8-4-9(13)5-8/h7-9,12-13H,3-6H2,1-2H3,(H,11,14). The third-order valence-electron chi connectivity index (χ3n) is 2.67. The summed E-state index contributed by atoms with van der Waals surface area (Å²) in [5.41, 5.74) is 0. The lowest BCUT2D eigenvalue weighted by molar-refractivity contribution is -0.122. The Kier molecular flexibility index (Phi) is 4.35. The number of aliphatic hydroxyl groups is 1. The molecule has 1 saturated carbocycles. The van der Waals surface area contributed by atoms with Crippen LogP contribution in [0.5, 0.6) is 0 Å². The monoisotopic (exact) mass is 200 g/mol. The maximum absolute atomic E-state index is 11.3. The van der Waals surface area contributed by atoms with Gasteiger partial charge in [0.2, 0.25) is 5.91 Å². The van der Waals surface area contributed by atoms with Gasteiger partial charge in [-0.1, -0.05) is 0 Å². The predicted octanol–water partition coefficient (Wildman–Crippen LogP) is -0.128. The van der Waals surface area contributed by atoms with Crippen LogP contribution < -0.4 is 10.6 Å².